The molecule has 0 bridgehead atoms. The van der Waals surface area contributed by atoms with Crippen LogP contribution < -0.4 is 9.64 Å². The summed E-state index contributed by atoms with van der Waals surface area (Å²) in [5, 5.41) is 22.7. The van der Waals surface area contributed by atoms with Gasteiger partial charge in [0.2, 0.25) is 5.75 Å². The SMILES string of the molecule is O=C1/C(=C\c2ccc(Oc3ccc([N+](=O)[O-])cc3[N+](=O)[O-])cc2)SC(=S)N1c1ccc(Cl)cc1. The molecule has 0 spiro atoms. The minimum absolute atomic E-state index is 0.132. The third-order valence-electron chi connectivity index (χ3n) is 4.63. The van der Waals surface area contributed by atoms with Gasteiger partial charge in [-0.1, -0.05) is 47.7 Å². The van der Waals surface area contributed by atoms with Gasteiger partial charge in [-0.05, 0) is 54.1 Å². The van der Waals surface area contributed by atoms with Gasteiger partial charge in [0.05, 0.1) is 26.5 Å². The molecule has 9 nitrogen and oxygen atoms in total. The van der Waals surface area contributed by atoms with Crippen LogP contribution in [0.5, 0.6) is 11.5 Å². The molecule has 0 aliphatic carbocycles. The van der Waals surface area contributed by atoms with Crippen LogP contribution in [0.25, 0.3) is 6.08 Å². The van der Waals surface area contributed by atoms with Crippen LogP contribution in [0.3, 0.4) is 0 Å². The molecule has 0 radical (unpaired) electrons. The van der Waals surface area contributed by atoms with E-state index >= 15 is 0 Å². The average molecular weight is 514 g/mol. The van der Waals surface area contributed by atoms with E-state index in [1.54, 1.807) is 54.6 Å². The van der Waals surface area contributed by atoms with Crippen LogP contribution in [0, 0.1) is 20.2 Å². The smallest absolute Gasteiger partial charge is 0.318 e. The number of nitrogens with zero attached hydrogens (tertiary/aromatic N) is 3. The first-order valence-corrected chi connectivity index (χ1v) is 11.1. The van der Waals surface area contributed by atoms with E-state index in [1.807, 2.05) is 0 Å². The van der Waals surface area contributed by atoms with E-state index in [-0.39, 0.29) is 17.4 Å². The lowest BCUT2D eigenvalue weighted by molar-refractivity contribution is -0.394. The van der Waals surface area contributed by atoms with E-state index in [9.17, 15) is 25.0 Å². The molecule has 1 aliphatic heterocycles. The lowest BCUT2D eigenvalue weighted by Crippen LogP contribution is -2.27. The number of nitro benzene ring substituents is 2. The summed E-state index contributed by atoms with van der Waals surface area (Å²) >= 11 is 12.4. The van der Waals surface area contributed by atoms with Gasteiger partial charge in [0.1, 0.15) is 5.75 Å². The summed E-state index contributed by atoms with van der Waals surface area (Å²) < 4.78 is 5.95. The fraction of sp³-hybridized carbons (Fsp3) is 0. The summed E-state index contributed by atoms with van der Waals surface area (Å²) in [5.41, 5.74) is 0.361. The van der Waals surface area contributed by atoms with Crippen LogP contribution in [-0.2, 0) is 4.79 Å². The second kappa shape index (κ2) is 9.59. The second-order valence-electron chi connectivity index (χ2n) is 6.83. The van der Waals surface area contributed by atoms with Crippen molar-refractivity contribution in [2.45, 2.75) is 0 Å². The number of amides is 1. The van der Waals surface area contributed by atoms with Crippen LogP contribution in [0.15, 0.2) is 71.6 Å². The van der Waals surface area contributed by atoms with Crippen molar-refractivity contribution in [2.75, 3.05) is 4.90 Å². The molecule has 3 aromatic rings. The fourth-order valence-electron chi connectivity index (χ4n) is 3.04. The second-order valence-corrected chi connectivity index (χ2v) is 8.94. The van der Waals surface area contributed by atoms with Gasteiger partial charge in [-0.3, -0.25) is 29.9 Å². The molecule has 34 heavy (non-hydrogen) atoms. The minimum Gasteiger partial charge on any atom is -0.450 e. The fourth-order valence-corrected chi connectivity index (χ4v) is 4.46. The quantitative estimate of drug-likeness (QED) is 0.162. The number of hydrogen-bond donors (Lipinski definition) is 0. The normalized spacial score (nSPS) is 14.5. The van der Waals surface area contributed by atoms with Crippen molar-refractivity contribution >= 4 is 68.9 Å². The lowest BCUT2D eigenvalue weighted by atomic mass is 10.2. The number of benzene rings is 3. The Kier molecular flexibility index (Phi) is 6.59. The average Bonchev–Trinajstić information content (AvgIpc) is 3.08. The van der Waals surface area contributed by atoms with E-state index in [2.05, 4.69) is 0 Å². The molecule has 1 aliphatic rings. The van der Waals surface area contributed by atoms with Crippen molar-refractivity contribution in [3.8, 4) is 11.5 Å². The van der Waals surface area contributed by atoms with Crippen molar-refractivity contribution in [1.82, 2.24) is 0 Å². The minimum atomic E-state index is -0.751. The van der Waals surface area contributed by atoms with Crippen molar-refractivity contribution in [3.05, 3.63) is 102 Å². The Hall–Kier alpha value is -3.80. The molecule has 1 heterocycles. The van der Waals surface area contributed by atoms with Gasteiger partial charge in [-0.15, -0.1) is 0 Å². The lowest BCUT2D eigenvalue weighted by Gasteiger charge is -2.14. The van der Waals surface area contributed by atoms with Gasteiger partial charge < -0.3 is 4.74 Å². The molecule has 4 rings (SSSR count). The molecule has 12 heteroatoms. The Morgan fingerprint density at radius 3 is 2.26 bits per heavy atom. The molecule has 3 aromatic carbocycles. The molecule has 0 saturated carbocycles. The standard InChI is InChI=1S/C22H12ClN3O6S2/c23-14-3-5-15(6-4-14)24-21(27)20(34-22(24)33)11-13-1-8-17(9-2-13)32-19-10-7-16(25(28)29)12-18(19)26(30)31/h1-12H/b20-11+. The zero-order chi connectivity index (χ0) is 24.4. The van der Waals surface area contributed by atoms with Crippen LogP contribution >= 0.6 is 35.6 Å². The Balaban J connectivity index is 1.53. The molecule has 1 saturated heterocycles. The Labute approximate surface area is 206 Å². The van der Waals surface area contributed by atoms with E-state index in [1.165, 1.54) is 22.7 Å². The number of nitro groups is 2. The predicted octanol–water partition coefficient (Wildman–Crippen LogP) is 6.35. The number of thiocarbonyl (C=S) groups is 1. The molecule has 1 fully saturated rings. The number of carbonyl (C=O) groups excluding carboxylic acids is 1. The summed E-state index contributed by atoms with van der Waals surface area (Å²) in [6.07, 6.45) is 1.67. The maximum Gasteiger partial charge on any atom is 0.318 e. The molecular formula is C22H12ClN3O6S2. The number of hydrogen-bond acceptors (Lipinski definition) is 8. The first kappa shape index (κ1) is 23.4. The summed E-state index contributed by atoms with van der Waals surface area (Å²) in [7, 11) is 0. The third-order valence-corrected chi connectivity index (χ3v) is 6.19. The summed E-state index contributed by atoms with van der Waals surface area (Å²) in [6, 6.07) is 16.4. The molecule has 0 aromatic heterocycles. The molecule has 0 unspecified atom stereocenters. The number of rotatable bonds is 6. The van der Waals surface area contributed by atoms with E-state index in [0.717, 1.165) is 12.1 Å². The zero-order valence-electron chi connectivity index (χ0n) is 16.9. The maximum atomic E-state index is 12.9. The van der Waals surface area contributed by atoms with E-state index < -0.39 is 21.2 Å². The Bertz CT molecular complexity index is 1360. The number of halogens is 1. The van der Waals surface area contributed by atoms with Gasteiger partial charge in [-0.2, -0.15) is 0 Å². The number of non-ortho nitro benzene ring substituents is 1. The summed E-state index contributed by atoms with van der Waals surface area (Å²) in [5.74, 6) is -0.117. The number of ether oxygens (including phenoxy) is 1. The third kappa shape index (κ3) is 4.91. The van der Waals surface area contributed by atoms with Gasteiger partial charge in [0.15, 0.2) is 4.32 Å². The maximum absolute atomic E-state index is 12.9. The molecule has 1 amide bonds. The predicted molar refractivity (Wildman–Crippen MR) is 133 cm³/mol. The molecule has 0 N–H and O–H groups in total. The molecular weight excluding hydrogens is 502 g/mol. The summed E-state index contributed by atoms with van der Waals surface area (Å²) in [4.78, 5) is 35.4. The van der Waals surface area contributed by atoms with Crippen LogP contribution in [0.1, 0.15) is 5.56 Å². The van der Waals surface area contributed by atoms with Gasteiger partial charge in [0, 0.05) is 11.1 Å². The first-order chi connectivity index (χ1) is 16.2. The number of thioether (sulfide) groups is 1. The largest absolute Gasteiger partial charge is 0.450 e. The van der Waals surface area contributed by atoms with Gasteiger partial charge in [-0.25, -0.2) is 0 Å². The molecule has 0 atom stereocenters. The van der Waals surface area contributed by atoms with Gasteiger partial charge in [0.25, 0.3) is 11.6 Å². The Morgan fingerprint density at radius 1 is 0.971 bits per heavy atom. The van der Waals surface area contributed by atoms with Crippen molar-refractivity contribution in [2.24, 2.45) is 0 Å². The highest BCUT2D eigenvalue weighted by molar-refractivity contribution is 8.27. The topological polar surface area (TPSA) is 116 Å². The van der Waals surface area contributed by atoms with Crippen LogP contribution in [-0.4, -0.2) is 20.1 Å². The highest BCUT2D eigenvalue weighted by Crippen LogP contribution is 2.37. The highest BCUT2D eigenvalue weighted by atomic mass is 35.5. The Morgan fingerprint density at radius 2 is 1.65 bits per heavy atom. The van der Waals surface area contributed by atoms with Crippen molar-refractivity contribution in [1.29, 1.82) is 0 Å². The van der Waals surface area contributed by atoms with E-state index in [4.69, 9.17) is 28.6 Å². The first-order valence-electron chi connectivity index (χ1n) is 9.47. The number of anilines is 1. The van der Waals surface area contributed by atoms with Crippen molar-refractivity contribution < 1.29 is 19.4 Å². The van der Waals surface area contributed by atoms with Gasteiger partial charge >= 0.3 is 5.69 Å². The van der Waals surface area contributed by atoms with Crippen molar-refractivity contribution in [3.63, 3.8) is 0 Å². The zero-order valence-corrected chi connectivity index (χ0v) is 19.3. The summed E-state index contributed by atoms with van der Waals surface area (Å²) in [6.45, 7) is 0. The highest BCUT2D eigenvalue weighted by Gasteiger charge is 2.33. The van der Waals surface area contributed by atoms with Crippen LogP contribution in [0.2, 0.25) is 5.02 Å². The van der Waals surface area contributed by atoms with Crippen LogP contribution in [0.4, 0.5) is 17.1 Å². The van der Waals surface area contributed by atoms with E-state index in [0.29, 0.717) is 25.5 Å². The number of carbonyl (C=O) groups is 1. The monoisotopic (exact) mass is 513 g/mol. The molecule has 170 valence electrons.